The maximum absolute atomic E-state index is 10.1. The Bertz CT molecular complexity index is 439. The van der Waals surface area contributed by atoms with Crippen LogP contribution in [0.15, 0.2) is 12.3 Å². The van der Waals surface area contributed by atoms with Gasteiger partial charge in [0.15, 0.2) is 0 Å². The fraction of sp³-hybridized carbons (Fsp3) is 0.636. The summed E-state index contributed by atoms with van der Waals surface area (Å²) < 4.78 is 7.03. The van der Waals surface area contributed by atoms with Gasteiger partial charge in [-0.3, -0.25) is 0 Å². The highest BCUT2D eigenvalue weighted by Crippen LogP contribution is 2.25. The van der Waals surface area contributed by atoms with Crippen molar-refractivity contribution in [3.8, 4) is 0 Å². The van der Waals surface area contributed by atoms with Crippen molar-refractivity contribution < 1.29 is 24.8 Å². The molecule has 0 unspecified atom stereocenters. The van der Waals surface area contributed by atoms with E-state index in [1.807, 2.05) is 0 Å². The van der Waals surface area contributed by atoms with E-state index in [0.29, 0.717) is 5.59 Å². The Labute approximate surface area is 113 Å². The van der Waals surface area contributed by atoms with E-state index in [4.69, 9.17) is 14.7 Å². The molecule has 106 valence electrons. The lowest BCUT2D eigenvalue weighted by molar-refractivity contribution is -0.0984. The average Bonchev–Trinajstić information content (AvgIpc) is 2.57. The first-order valence-electron chi connectivity index (χ1n) is 6.06. The molecule has 0 saturated carbocycles. The fourth-order valence-corrected chi connectivity index (χ4v) is 1.48. The van der Waals surface area contributed by atoms with Crippen molar-refractivity contribution in [1.82, 2.24) is 4.57 Å². The molecule has 0 aliphatic carbocycles. The Balaban J connectivity index is 2.93. The highest BCUT2D eigenvalue weighted by atomic mass is 16.5. The first-order valence-corrected chi connectivity index (χ1v) is 6.06. The van der Waals surface area contributed by atoms with E-state index in [1.165, 1.54) is 12.3 Å². The molecule has 0 aromatic carbocycles. The minimum Gasteiger partial charge on any atom is -0.423 e. The normalized spacial score (nSPS) is 12.7. The summed E-state index contributed by atoms with van der Waals surface area (Å²) in [5.74, 6) is 0. The van der Waals surface area contributed by atoms with E-state index < -0.39 is 25.4 Å². The van der Waals surface area contributed by atoms with E-state index in [1.54, 1.807) is 39.3 Å². The topological polar surface area (TPSA) is 95.1 Å². The largest absolute Gasteiger partial charge is 0.509 e. The van der Waals surface area contributed by atoms with Crippen LogP contribution in [0, 0.1) is 0 Å². The molecule has 6 nitrogen and oxygen atoms in total. The van der Waals surface area contributed by atoms with Crippen molar-refractivity contribution in [1.29, 1.82) is 0 Å². The van der Waals surface area contributed by atoms with E-state index >= 15 is 0 Å². The molecule has 0 atom stereocenters. The lowest BCUT2D eigenvalue weighted by Crippen LogP contribution is -2.54. The molecule has 19 heavy (non-hydrogen) atoms. The second-order valence-electron chi connectivity index (χ2n) is 5.72. The molecule has 1 rings (SSSR count). The average molecular weight is 269 g/mol. The zero-order chi connectivity index (χ0) is 15.0. The summed E-state index contributed by atoms with van der Waals surface area (Å²) in [6, 6.07) is 1.44. The lowest BCUT2D eigenvalue weighted by Gasteiger charge is -2.38. The van der Waals surface area contributed by atoms with Crippen LogP contribution in [-0.2, 0) is 11.7 Å². The van der Waals surface area contributed by atoms with E-state index in [0.717, 1.165) is 0 Å². The minimum atomic E-state index is -1.60. The standard InChI is InChI=1S/C11H21B2NO5/c1-10(2,15)11(3,4)19-13(18)9-6-8(12(16)17)7-14(9)5/h6-7,15-18H,1-5H3. The van der Waals surface area contributed by atoms with Gasteiger partial charge in [0.2, 0.25) is 0 Å². The highest BCUT2D eigenvalue weighted by molar-refractivity contribution is 6.63. The van der Waals surface area contributed by atoms with Crippen LogP contribution >= 0.6 is 0 Å². The van der Waals surface area contributed by atoms with Crippen molar-refractivity contribution in [3.63, 3.8) is 0 Å². The molecule has 0 spiro atoms. The van der Waals surface area contributed by atoms with E-state index in [-0.39, 0.29) is 5.46 Å². The van der Waals surface area contributed by atoms with Gasteiger partial charge in [-0.25, -0.2) is 0 Å². The number of nitrogens with zero attached hydrogens (tertiary/aromatic N) is 1. The third-order valence-electron chi connectivity index (χ3n) is 3.50. The molecule has 1 aromatic rings. The number of aryl methyl sites for hydroxylation is 1. The maximum Gasteiger partial charge on any atom is 0.509 e. The molecule has 0 aliphatic heterocycles. The van der Waals surface area contributed by atoms with Gasteiger partial charge in [-0.15, -0.1) is 0 Å². The van der Waals surface area contributed by atoms with Gasteiger partial charge in [0.05, 0.1) is 11.2 Å². The van der Waals surface area contributed by atoms with Gasteiger partial charge >= 0.3 is 14.2 Å². The molecule has 0 radical (unpaired) electrons. The molecule has 0 fully saturated rings. The van der Waals surface area contributed by atoms with Gasteiger partial charge in [-0.2, -0.15) is 0 Å². The Morgan fingerprint density at radius 3 is 2.05 bits per heavy atom. The number of rotatable bonds is 5. The summed E-state index contributed by atoms with van der Waals surface area (Å²) in [5, 5.41) is 38.2. The van der Waals surface area contributed by atoms with Crippen molar-refractivity contribution in [2.24, 2.45) is 7.05 Å². The third-order valence-corrected chi connectivity index (χ3v) is 3.50. The first-order chi connectivity index (χ1) is 8.45. The molecule has 0 amide bonds. The third kappa shape index (κ3) is 3.61. The molecule has 0 aliphatic rings. The second kappa shape index (κ2) is 5.30. The Kier molecular flexibility index (Phi) is 4.54. The highest BCUT2D eigenvalue weighted by Gasteiger charge is 2.40. The first kappa shape index (κ1) is 16.3. The van der Waals surface area contributed by atoms with Crippen molar-refractivity contribution in [2.45, 2.75) is 38.9 Å². The number of hydrogen-bond acceptors (Lipinski definition) is 5. The van der Waals surface area contributed by atoms with Gasteiger partial charge < -0.3 is 29.4 Å². The molecule has 8 heteroatoms. The van der Waals surface area contributed by atoms with Crippen LogP contribution in [0.3, 0.4) is 0 Å². The summed E-state index contributed by atoms with van der Waals surface area (Å²) in [6.45, 7) is 6.52. The zero-order valence-corrected chi connectivity index (χ0v) is 12.0. The molecule has 4 N–H and O–H groups in total. The smallest absolute Gasteiger partial charge is 0.423 e. The summed E-state index contributed by atoms with van der Waals surface area (Å²) in [7, 11) is -1.22. The van der Waals surface area contributed by atoms with Crippen LogP contribution in [-0.4, -0.2) is 50.2 Å². The Morgan fingerprint density at radius 1 is 1.16 bits per heavy atom. The van der Waals surface area contributed by atoms with Crippen molar-refractivity contribution >= 4 is 25.3 Å². The van der Waals surface area contributed by atoms with Crippen LogP contribution in [0.25, 0.3) is 0 Å². The monoisotopic (exact) mass is 269 g/mol. The summed E-state index contributed by atoms with van der Waals surface area (Å²) in [6.07, 6.45) is 1.49. The van der Waals surface area contributed by atoms with Crippen molar-refractivity contribution in [3.05, 3.63) is 12.3 Å². The summed E-state index contributed by atoms with van der Waals surface area (Å²) in [5.41, 5.74) is -1.48. The Hall–Kier alpha value is -0.790. The van der Waals surface area contributed by atoms with Gasteiger partial charge in [0, 0.05) is 18.8 Å². The predicted molar refractivity (Wildman–Crippen MR) is 74.3 cm³/mol. The SMILES string of the molecule is Cn1cc(B(O)O)cc1B(O)OC(C)(C)C(C)(C)O. The lowest BCUT2D eigenvalue weighted by atomic mass is 9.77. The number of aromatic nitrogens is 1. The molecule has 0 bridgehead atoms. The minimum absolute atomic E-state index is 0.265. The van der Waals surface area contributed by atoms with Gasteiger partial charge in [-0.05, 0) is 39.2 Å². The molecule has 1 aromatic heterocycles. The maximum atomic E-state index is 10.1. The van der Waals surface area contributed by atoms with Crippen molar-refractivity contribution in [2.75, 3.05) is 0 Å². The number of aliphatic hydroxyl groups is 1. The van der Waals surface area contributed by atoms with Gasteiger partial charge in [0.25, 0.3) is 0 Å². The van der Waals surface area contributed by atoms with E-state index in [2.05, 4.69) is 0 Å². The van der Waals surface area contributed by atoms with Crippen LogP contribution in [0.5, 0.6) is 0 Å². The quantitative estimate of drug-likeness (QED) is 0.462. The number of hydrogen-bond donors (Lipinski definition) is 4. The molecular formula is C11H21B2NO5. The van der Waals surface area contributed by atoms with Crippen LogP contribution in [0.4, 0.5) is 0 Å². The van der Waals surface area contributed by atoms with Crippen LogP contribution in [0.1, 0.15) is 27.7 Å². The van der Waals surface area contributed by atoms with Crippen LogP contribution < -0.4 is 11.1 Å². The van der Waals surface area contributed by atoms with Crippen LogP contribution in [0.2, 0.25) is 0 Å². The van der Waals surface area contributed by atoms with Gasteiger partial charge in [0.1, 0.15) is 0 Å². The molecule has 1 heterocycles. The van der Waals surface area contributed by atoms with E-state index in [9.17, 15) is 10.1 Å². The second-order valence-corrected chi connectivity index (χ2v) is 5.72. The predicted octanol–water partition coefficient (Wildman–Crippen LogP) is -2.04. The fourth-order valence-electron chi connectivity index (χ4n) is 1.48. The summed E-state index contributed by atoms with van der Waals surface area (Å²) in [4.78, 5) is 0. The Morgan fingerprint density at radius 2 is 1.68 bits per heavy atom. The summed E-state index contributed by atoms with van der Waals surface area (Å²) >= 11 is 0. The zero-order valence-electron chi connectivity index (χ0n) is 12.0. The molecule has 0 saturated heterocycles. The molecular weight excluding hydrogens is 248 g/mol. The van der Waals surface area contributed by atoms with Gasteiger partial charge in [-0.1, -0.05) is 0 Å².